The summed E-state index contributed by atoms with van der Waals surface area (Å²) in [5.41, 5.74) is 0.794. The fraction of sp³-hybridized carbons (Fsp3) is 0.562. The zero-order valence-corrected chi connectivity index (χ0v) is 13.2. The molecular weight excluding hydrogens is 296 g/mol. The fourth-order valence-electron chi connectivity index (χ4n) is 2.95. The summed E-state index contributed by atoms with van der Waals surface area (Å²) in [6.45, 7) is 1.86. The van der Waals surface area contributed by atoms with Crippen molar-refractivity contribution in [2.24, 2.45) is 0 Å². The Kier molecular flexibility index (Phi) is 4.47. The number of rotatable bonds is 5. The molecule has 2 aliphatic rings. The molecule has 1 aromatic rings. The van der Waals surface area contributed by atoms with E-state index in [9.17, 15) is 14.9 Å². The molecule has 2 fully saturated rings. The molecule has 0 unspecified atom stereocenters. The van der Waals surface area contributed by atoms with Gasteiger partial charge < -0.3 is 15.5 Å². The van der Waals surface area contributed by atoms with Crippen molar-refractivity contribution in [2.75, 3.05) is 25.5 Å². The third-order valence-electron chi connectivity index (χ3n) is 4.35. The Morgan fingerprint density at radius 3 is 2.74 bits per heavy atom. The second-order valence-corrected chi connectivity index (χ2v) is 6.48. The number of hydrogen-bond donors (Lipinski definition) is 2. The number of nitrogens with zero attached hydrogens (tertiary/aromatic N) is 2. The highest BCUT2D eigenvalue weighted by molar-refractivity contribution is 5.96. The SMILES string of the molecule is CN1CCC[C@H](NC(=O)c2ccc(NC3CC3)c([N+](=O)[O-])c2)C1. The summed E-state index contributed by atoms with van der Waals surface area (Å²) >= 11 is 0. The maximum absolute atomic E-state index is 12.4. The molecule has 7 heteroatoms. The first kappa shape index (κ1) is 15.7. The van der Waals surface area contributed by atoms with Crippen LogP contribution < -0.4 is 10.6 Å². The van der Waals surface area contributed by atoms with E-state index in [1.165, 1.54) is 6.07 Å². The number of piperidine rings is 1. The van der Waals surface area contributed by atoms with Gasteiger partial charge in [0.2, 0.25) is 0 Å². The topological polar surface area (TPSA) is 87.5 Å². The minimum absolute atomic E-state index is 0.0367. The number of likely N-dealkylation sites (tertiary alicyclic amines) is 1. The number of benzene rings is 1. The molecule has 0 aromatic heterocycles. The third kappa shape index (κ3) is 3.98. The van der Waals surface area contributed by atoms with Crippen LogP contribution in [-0.4, -0.2) is 48.0 Å². The van der Waals surface area contributed by atoms with E-state index < -0.39 is 4.92 Å². The number of amides is 1. The predicted octanol–water partition coefficient (Wildman–Crippen LogP) is 1.99. The third-order valence-corrected chi connectivity index (χ3v) is 4.35. The lowest BCUT2D eigenvalue weighted by Crippen LogP contribution is -2.46. The van der Waals surface area contributed by atoms with Gasteiger partial charge in [0.25, 0.3) is 11.6 Å². The monoisotopic (exact) mass is 318 g/mol. The quantitative estimate of drug-likeness (QED) is 0.640. The lowest BCUT2D eigenvalue weighted by molar-refractivity contribution is -0.384. The molecule has 3 rings (SSSR count). The molecule has 7 nitrogen and oxygen atoms in total. The van der Waals surface area contributed by atoms with Crippen LogP contribution in [-0.2, 0) is 0 Å². The Morgan fingerprint density at radius 1 is 1.30 bits per heavy atom. The highest BCUT2D eigenvalue weighted by atomic mass is 16.6. The fourth-order valence-corrected chi connectivity index (χ4v) is 2.95. The average molecular weight is 318 g/mol. The van der Waals surface area contributed by atoms with Gasteiger partial charge in [-0.3, -0.25) is 14.9 Å². The molecule has 0 spiro atoms. The first-order valence-corrected chi connectivity index (χ1v) is 8.07. The van der Waals surface area contributed by atoms with E-state index >= 15 is 0 Å². The number of nitrogens with one attached hydrogen (secondary N) is 2. The molecular formula is C16H22N4O3. The number of likely N-dealkylation sites (N-methyl/N-ethyl adjacent to an activating group) is 1. The van der Waals surface area contributed by atoms with Gasteiger partial charge >= 0.3 is 0 Å². The maximum atomic E-state index is 12.4. The van der Waals surface area contributed by atoms with Crippen LogP contribution in [0.2, 0.25) is 0 Å². The summed E-state index contributed by atoms with van der Waals surface area (Å²) in [5, 5.41) is 17.4. The van der Waals surface area contributed by atoms with Gasteiger partial charge in [0.1, 0.15) is 5.69 Å². The first-order valence-electron chi connectivity index (χ1n) is 8.07. The molecule has 1 heterocycles. The predicted molar refractivity (Wildman–Crippen MR) is 87.7 cm³/mol. The van der Waals surface area contributed by atoms with Gasteiger partial charge in [-0.1, -0.05) is 0 Å². The molecule has 1 saturated carbocycles. The molecule has 1 amide bonds. The van der Waals surface area contributed by atoms with Crippen LogP contribution in [0, 0.1) is 10.1 Å². The summed E-state index contributed by atoms with van der Waals surface area (Å²) in [6.07, 6.45) is 4.06. The minimum Gasteiger partial charge on any atom is -0.377 e. The van der Waals surface area contributed by atoms with E-state index in [1.54, 1.807) is 12.1 Å². The number of anilines is 1. The van der Waals surface area contributed by atoms with Gasteiger partial charge in [0.15, 0.2) is 0 Å². The second-order valence-electron chi connectivity index (χ2n) is 6.48. The van der Waals surface area contributed by atoms with Crippen molar-refractivity contribution in [2.45, 2.75) is 37.8 Å². The summed E-state index contributed by atoms with van der Waals surface area (Å²) < 4.78 is 0. The van der Waals surface area contributed by atoms with E-state index in [4.69, 9.17) is 0 Å². The highest BCUT2D eigenvalue weighted by Crippen LogP contribution is 2.31. The molecule has 1 aromatic carbocycles. The maximum Gasteiger partial charge on any atom is 0.293 e. The van der Waals surface area contributed by atoms with E-state index in [1.807, 2.05) is 7.05 Å². The van der Waals surface area contributed by atoms with Gasteiger partial charge in [0.05, 0.1) is 4.92 Å². The van der Waals surface area contributed by atoms with Crippen LogP contribution in [0.4, 0.5) is 11.4 Å². The zero-order chi connectivity index (χ0) is 16.4. The van der Waals surface area contributed by atoms with Crippen LogP contribution in [0.25, 0.3) is 0 Å². The number of nitro benzene ring substituents is 1. The minimum atomic E-state index is -0.435. The largest absolute Gasteiger partial charge is 0.377 e. The Hall–Kier alpha value is -2.15. The van der Waals surface area contributed by atoms with Crippen molar-refractivity contribution in [1.82, 2.24) is 10.2 Å². The number of carbonyl (C=O) groups excluding carboxylic acids is 1. The van der Waals surface area contributed by atoms with Crippen LogP contribution in [0.15, 0.2) is 18.2 Å². The lowest BCUT2D eigenvalue weighted by Gasteiger charge is -2.30. The Balaban J connectivity index is 1.72. The molecule has 1 aliphatic heterocycles. The highest BCUT2D eigenvalue weighted by Gasteiger charge is 2.26. The van der Waals surface area contributed by atoms with Crippen molar-refractivity contribution in [3.8, 4) is 0 Å². The van der Waals surface area contributed by atoms with Gasteiger partial charge in [-0.15, -0.1) is 0 Å². The van der Waals surface area contributed by atoms with E-state index in [2.05, 4.69) is 15.5 Å². The van der Waals surface area contributed by atoms with Gasteiger partial charge in [0, 0.05) is 30.3 Å². The summed E-state index contributed by atoms with van der Waals surface area (Å²) in [4.78, 5) is 25.4. The van der Waals surface area contributed by atoms with Crippen LogP contribution in [0.1, 0.15) is 36.0 Å². The molecule has 1 atom stereocenters. The summed E-state index contributed by atoms with van der Waals surface area (Å²) in [5.74, 6) is -0.244. The molecule has 0 bridgehead atoms. The van der Waals surface area contributed by atoms with Crippen molar-refractivity contribution < 1.29 is 9.72 Å². The normalized spacial score (nSPS) is 21.7. The lowest BCUT2D eigenvalue weighted by atomic mass is 10.1. The molecule has 1 saturated heterocycles. The number of nitro groups is 1. The molecule has 23 heavy (non-hydrogen) atoms. The smallest absolute Gasteiger partial charge is 0.293 e. The molecule has 124 valence electrons. The Bertz CT molecular complexity index is 615. The van der Waals surface area contributed by atoms with E-state index in [-0.39, 0.29) is 17.6 Å². The number of hydrogen-bond acceptors (Lipinski definition) is 5. The van der Waals surface area contributed by atoms with Crippen molar-refractivity contribution in [3.63, 3.8) is 0 Å². The van der Waals surface area contributed by atoms with Gasteiger partial charge in [-0.2, -0.15) is 0 Å². The van der Waals surface area contributed by atoms with Crippen LogP contribution >= 0.6 is 0 Å². The molecule has 1 aliphatic carbocycles. The van der Waals surface area contributed by atoms with E-state index in [0.29, 0.717) is 17.3 Å². The number of carbonyl (C=O) groups is 1. The molecule has 2 N–H and O–H groups in total. The standard InChI is InChI=1S/C16H22N4O3/c1-19-8-2-3-13(10-19)18-16(21)11-4-7-14(17-12-5-6-12)15(9-11)20(22)23/h4,7,9,12-13,17H,2-3,5-6,8,10H2,1H3,(H,18,21)/t13-/m0/s1. The summed E-state index contributed by atoms with van der Waals surface area (Å²) in [6, 6.07) is 5.08. The first-order chi connectivity index (χ1) is 11.0. The van der Waals surface area contributed by atoms with Crippen LogP contribution in [0.3, 0.4) is 0 Å². The Labute approximate surface area is 135 Å². The second kappa shape index (κ2) is 6.54. The van der Waals surface area contributed by atoms with Crippen LogP contribution in [0.5, 0.6) is 0 Å². The average Bonchev–Trinajstić information content (AvgIpc) is 3.31. The van der Waals surface area contributed by atoms with Crippen molar-refractivity contribution in [1.29, 1.82) is 0 Å². The van der Waals surface area contributed by atoms with Gasteiger partial charge in [-0.25, -0.2) is 0 Å². The summed E-state index contributed by atoms with van der Waals surface area (Å²) in [7, 11) is 2.03. The Morgan fingerprint density at radius 2 is 2.09 bits per heavy atom. The van der Waals surface area contributed by atoms with E-state index in [0.717, 1.165) is 38.8 Å². The zero-order valence-electron chi connectivity index (χ0n) is 13.2. The van der Waals surface area contributed by atoms with Gasteiger partial charge in [-0.05, 0) is 51.4 Å². The molecule has 0 radical (unpaired) electrons. The van der Waals surface area contributed by atoms with Crippen molar-refractivity contribution in [3.05, 3.63) is 33.9 Å². The van der Waals surface area contributed by atoms with Crippen molar-refractivity contribution >= 4 is 17.3 Å².